The molecule has 5 nitrogen and oxygen atoms in total. The van der Waals surface area contributed by atoms with Gasteiger partial charge in [0.15, 0.2) is 5.16 Å². The van der Waals surface area contributed by atoms with Gasteiger partial charge < -0.3 is 4.57 Å². The highest BCUT2D eigenvalue weighted by Gasteiger charge is 2.20. The second-order valence-electron chi connectivity index (χ2n) is 5.56. The van der Waals surface area contributed by atoms with Crippen molar-refractivity contribution < 1.29 is 8.42 Å². The van der Waals surface area contributed by atoms with E-state index in [0.29, 0.717) is 10.7 Å². The van der Waals surface area contributed by atoms with Crippen LogP contribution in [0.5, 0.6) is 0 Å². The number of anilines is 1. The standard InChI is InChI=1S/C17H14ClN3O2S2/c18-12-4-3-5-13(10-12)25(22,23)20-15-7-2-1-6-14(15)16-11-21-8-9-24-17(21)19-16/h1-7,10-11,20H,8-9H2. The maximum atomic E-state index is 12.7. The van der Waals surface area contributed by atoms with Crippen LogP contribution in [0.4, 0.5) is 5.69 Å². The van der Waals surface area contributed by atoms with Gasteiger partial charge in [0.25, 0.3) is 10.0 Å². The molecule has 1 aliphatic rings. The van der Waals surface area contributed by atoms with Gasteiger partial charge in [-0.1, -0.05) is 47.6 Å². The smallest absolute Gasteiger partial charge is 0.261 e. The fraction of sp³-hybridized carbons (Fsp3) is 0.118. The fourth-order valence-corrected chi connectivity index (χ4v) is 5.00. The van der Waals surface area contributed by atoms with Gasteiger partial charge in [-0.2, -0.15) is 0 Å². The predicted octanol–water partition coefficient (Wildman–Crippen LogP) is 4.11. The van der Waals surface area contributed by atoms with Gasteiger partial charge in [-0.3, -0.25) is 4.72 Å². The second-order valence-corrected chi connectivity index (χ2v) is 8.74. The van der Waals surface area contributed by atoms with E-state index in [1.807, 2.05) is 18.3 Å². The Morgan fingerprint density at radius 1 is 1.16 bits per heavy atom. The van der Waals surface area contributed by atoms with Gasteiger partial charge >= 0.3 is 0 Å². The molecule has 3 aromatic rings. The van der Waals surface area contributed by atoms with Crippen molar-refractivity contribution in [3.8, 4) is 11.3 Å². The summed E-state index contributed by atoms with van der Waals surface area (Å²) in [4.78, 5) is 4.73. The van der Waals surface area contributed by atoms with Crippen molar-refractivity contribution in [2.75, 3.05) is 10.5 Å². The Labute approximate surface area is 155 Å². The maximum absolute atomic E-state index is 12.7. The summed E-state index contributed by atoms with van der Waals surface area (Å²) in [6.45, 7) is 0.920. The summed E-state index contributed by atoms with van der Waals surface area (Å²) in [5.41, 5.74) is 1.99. The van der Waals surface area contributed by atoms with E-state index in [4.69, 9.17) is 11.6 Å². The quantitative estimate of drug-likeness (QED) is 0.726. The van der Waals surface area contributed by atoms with Crippen molar-refractivity contribution in [2.45, 2.75) is 16.6 Å². The Hall–Kier alpha value is -1.96. The molecule has 0 amide bonds. The number of aryl methyl sites for hydroxylation is 1. The van der Waals surface area contributed by atoms with Crippen LogP contribution in [0.2, 0.25) is 5.02 Å². The third-order valence-corrected chi connectivity index (χ3v) is 6.43. The van der Waals surface area contributed by atoms with Crippen LogP contribution in [-0.4, -0.2) is 23.7 Å². The third kappa shape index (κ3) is 3.27. The van der Waals surface area contributed by atoms with Crippen LogP contribution in [0.15, 0.2) is 64.8 Å². The molecule has 2 heterocycles. The average molecular weight is 392 g/mol. The van der Waals surface area contributed by atoms with E-state index in [-0.39, 0.29) is 4.90 Å². The predicted molar refractivity (Wildman–Crippen MR) is 101 cm³/mol. The minimum Gasteiger partial charge on any atom is -0.325 e. The van der Waals surface area contributed by atoms with E-state index in [2.05, 4.69) is 14.3 Å². The molecular weight excluding hydrogens is 378 g/mol. The van der Waals surface area contributed by atoms with Crippen LogP contribution >= 0.6 is 23.4 Å². The monoisotopic (exact) mass is 391 g/mol. The summed E-state index contributed by atoms with van der Waals surface area (Å²) >= 11 is 7.62. The highest BCUT2D eigenvalue weighted by atomic mass is 35.5. The lowest BCUT2D eigenvalue weighted by Crippen LogP contribution is -2.13. The van der Waals surface area contributed by atoms with E-state index in [1.54, 1.807) is 36.0 Å². The number of hydrogen-bond donors (Lipinski definition) is 1. The van der Waals surface area contributed by atoms with Gasteiger partial charge in [0.05, 0.1) is 16.3 Å². The molecule has 0 aliphatic carbocycles. The normalized spacial score (nSPS) is 13.6. The number of halogens is 1. The van der Waals surface area contributed by atoms with E-state index in [1.165, 1.54) is 12.1 Å². The lowest BCUT2D eigenvalue weighted by molar-refractivity contribution is 0.601. The Balaban J connectivity index is 1.71. The van der Waals surface area contributed by atoms with Crippen molar-refractivity contribution in [3.05, 3.63) is 59.8 Å². The first-order valence-electron chi connectivity index (χ1n) is 7.61. The first kappa shape index (κ1) is 16.5. The van der Waals surface area contributed by atoms with Crippen molar-refractivity contribution in [1.29, 1.82) is 0 Å². The number of imidazole rings is 1. The molecule has 1 aromatic heterocycles. The van der Waals surface area contributed by atoms with Crippen LogP contribution in [0.1, 0.15) is 0 Å². The van der Waals surface area contributed by atoms with Crippen LogP contribution in [0, 0.1) is 0 Å². The number of rotatable bonds is 4. The molecule has 0 bridgehead atoms. The summed E-state index contributed by atoms with van der Waals surface area (Å²) in [6.07, 6.45) is 1.96. The first-order valence-corrected chi connectivity index (χ1v) is 10.5. The Kier molecular flexibility index (Phi) is 4.23. The molecule has 0 saturated heterocycles. The zero-order valence-corrected chi connectivity index (χ0v) is 15.4. The highest BCUT2D eigenvalue weighted by Crippen LogP contribution is 2.33. The summed E-state index contributed by atoms with van der Waals surface area (Å²) in [5, 5.41) is 1.33. The molecule has 0 saturated carbocycles. The highest BCUT2D eigenvalue weighted by molar-refractivity contribution is 7.99. The van der Waals surface area contributed by atoms with Crippen molar-refractivity contribution >= 4 is 39.1 Å². The molecule has 0 radical (unpaired) electrons. The fourth-order valence-electron chi connectivity index (χ4n) is 2.67. The summed E-state index contributed by atoms with van der Waals surface area (Å²) in [6, 6.07) is 13.4. The minimum atomic E-state index is -3.74. The number of nitrogens with one attached hydrogen (secondary N) is 1. The summed E-state index contributed by atoms with van der Waals surface area (Å²) < 4.78 is 30.1. The number of benzene rings is 2. The number of sulfonamides is 1. The molecule has 0 fully saturated rings. The molecule has 0 unspecified atom stereocenters. The minimum absolute atomic E-state index is 0.123. The number of thioether (sulfide) groups is 1. The number of hydrogen-bond acceptors (Lipinski definition) is 4. The van der Waals surface area contributed by atoms with Gasteiger partial charge in [0, 0.05) is 29.1 Å². The Bertz CT molecular complexity index is 1030. The molecule has 0 spiro atoms. The lowest BCUT2D eigenvalue weighted by atomic mass is 10.1. The van der Waals surface area contributed by atoms with Crippen LogP contribution < -0.4 is 4.72 Å². The largest absolute Gasteiger partial charge is 0.325 e. The topological polar surface area (TPSA) is 64.0 Å². The summed E-state index contributed by atoms with van der Waals surface area (Å²) in [7, 11) is -3.74. The SMILES string of the molecule is O=S(=O)(Nc1ccccc1-c1cn2c(n1)SCC2)c1cccc(Cl)c1. The van der Waals surface area contributed by atoms with Crippen LogP contribution in [0.25, 0.3) is 11.3 Å². The molecule has 1 N–H and O–H groups in total. The maximum Gasteiger partial charge on any atom is 0.261 e. The summed E-state index contributed by atoms with van der Waals surface area (Å²) in [5.74, 6) is 1.02. The van der Waals surface area contributed by atoms with Gasteiger partial charge in [-0.25, -0.2) is 13.4 Å². The molecule has 8 heteroatoms. The molecule has 2 aromatic carbocycles. The molecule has 1 aliphatic heterocycles. The molecule has 0 atom stereocenters. The van der Waals surface area contributed by atoms with E-state index < -0.39 is 10.0 Å². The molecule has 4 rings (SSSR count). The first-order chi connectivity index (χ1) is 12.0. The van der Waals surface area contributed by atoms with E-state index in [9.17, 15) is 8.42 Å². The van der Waals surface area contributed by atoms with Crippen molar-refractivity contribution in [2.24, 2.45) is 0 Å². The number of fused-ring (bicyclic) bond motifs is 1. The number of nitrogens with zero attached hydrogens (tertiary/aromatic N) is 2. The van der Waals surface area contributed by atoms with Gasteiger partial charge in [-0.05, 0) is 24.3 Å². The third-order valence-electron chi connectivity index (χ3n) is 3.86. The van der Waals surface area contributed by atoms with Gasteiger partial charge in [0.1, 0.15) is 0 Å². The molecule has 25 heavy (non-hydrogen) atoms. The number of para-hydroxylation sites is 1. The Morgan fingerprint density at radius 3 is 2.80 bits per heavy atom. The average Bonchev–Trinajstić information content (AvgIpc) is 3.17. The molecule has 128 valence electrons. The van der Waals surface area contributed by atoms with E-state index >= 15 is 0 Å². The van der Waals surface area contributed by atoms with Crippen molar-refractivity contribution in [3.63, 3.8) is 0 Å². The van der Waals surface area contributed by atoms with E-state index in [0.717, 1.165) is 28.7 Å². The van der Waals surface area contributed by atoms with Crippen LogP contribution in [-0.2, 0) is 16.6 Å². The lowest BCUT2D eigenvalue weighted by Gasteiger charge is -2.11. The second kappa shape index (κ2) is 6.40. The molecular formula is C17H14ClN3O2S2. The zero-order chi connectivity index (χ0) is 17.4. The zero-order valence-electron chi connectivity index (χ0n) is 13.0. The van der Waals surface area contributed by atoms with Crippen LogP contribution in [0.3, 0.4) is 0 Å². The number of aromatic nitrogens is 2. The van der Waals surface area contributed by atoms with Gasteiger partial charge in [-0.15, -0.1) is 0 Å². The van der Waals surface area contributed by atoms with Crippen molar-refractivity contribution in [1.82, 2.24) is 9.55 Å². The Morgan fingerprint density at radius 2 is 2.00 bits per heavy atom. The van der Waals surface area contributed by atoms with Gasteiger partial charge in [0.2, 0.25) is 0 Å².